The zero-order valence-electron chi connectivity index (χ0n) is 18.1. The van der Waals surface area contributed by atoms with Gasteiger partial charge >= 0.3 is 0 Å². The zero-order chi connectivity index (χ0) is 23.3. The van der Waals surface area contributed by atoms with Crippen molar-refractivity contribution in [3.8, 4) is 0 Å². The molecule has 1 fully saturated rings. The molecule has 0 spiro atoms. The van der Waals surface area contributed by atoms with E-state index in [-0.39, 0.29) is 11.3 Å². The van der Waals surface area contributed by atoms with E-state index < -0.39 is 22.0 Å². The Kier molecular flexibility index (Phi) is 8.02. The molecule has 1 aromatic heterocycles. The second kappa shape index (κ2) is 11.0. The third-order valence-corrected chi connectivity index (χ3v) is 9.69. The highest BCUT2D eigenvalue weighted by molar-refractivity contribution is 8.01. The molecule has 1 aliphatic rings. The average Bonchev–Trinajstić information content (AvgIpc) is 3.25. The molecule has 3 aromatic rings. The fourth-order valence-corrected chi connectivity index (χ4v) is 7.64. The number of rotatable bonds is 9. The molecule has 1 atom stereocenters. The van der Waals surface area contributed by atoms with E-state index >= 15 is 0 Å². The predicted octanol–water partition coefficient (Wildman–Crippen LogP) is 4.36. The number of carbonyl (C=O) groups is 1. The monoisotopic (exact) mass is 505 g/mol. The minimum atomic E-state index is -4.00. The summed E-state index contributed by atoms with van der Waals surface area (Å²) in [6.45, 7) is 0. The van der Waals surface area contributed by atoms with Crippen LogP contribution in [0.1, 0.15) is 37.7 Å². The number of nitrogens with zero attached hydrogens (tertiary/aromatic N) is 1. The summed E-state index contributed by atoms with van der Waals surface area (Å²) in [6, 6.07) is 12.7. The number of aromatic nitrogens is 1. The van der Waals surface area contributed by atoms with Gasteiger partial charge in [0.1, 0.15) is 6.04 Å². The zero-order valence-corrected chi connectivity index (χ0v) is 20.5. The van der Waals surface area contributed by atoms with Gasteiger partial charge in [0.25, 0.3) is 5.91 Å². The van der Waals surface area contributed by atoms with Crippen molar-refractivity contribution >= 4 is 49.2 Å². The van der Waals surface area contributed by atoms with Gasteiger partial charge in [0.05, 0.1) is 15.1 Å². The summed E-state index contributed by atoms with van der Waals surface area (Å²) >= 11 is 3.24. The molecular formula is C23H27N3O4S3. The minimum absolute atomic E-state index is 0.0614. The summed E-state index contributed by atoms with van der Waals surface area (Å²) < 4.78 is 30.2. The SMILES string of the molecule is O=C(NO)[C@@H](Cc1ccccc1)NS(=O)(=O)c1ccc2nc(SCC3CCCCC3)sc2c1. The van der Waals surface area contributed by atoms with Crippen LogP contribution >= 0.6 is 23.1 Å². The molecule has 1 amide bonds. The first-order chi connectivity index (χ1) is 15.9. The maximum absolute atomic E-state index is 13.0. The Morgan fingerprint density at radius 1 is 1.15 bits per heavy atom. The second-order valence-corrected chi connectivity index (χ2v) is 12.3. The second-order valence-electron chi connectivity index (χ2n) is 8.26. The van der Waals surface area contributed by atoms with Gasteiger partial charge in [-0.3, -0.25) is 10.0 Å². The normalized spacial score (nSPS) is 16.0. The number of sulfonamides is 1. The van der Waals surface area contributed by atoms with Crippen LogP contribution in [0.2, 0.25) is 0 Å². The molecule has 33 heavy (non-hydrogen) atoms. The van der Waals surface area contributed by atoms with E-state index in [9.17, 15) is 13.2 Å². The van der Waals surface area contributed by atoms with E-state index in [0.717, 1.165) is 31.8 Å². The summed E-state index contributed by atoms with van der Waals surface area (Å²) in [6.07, 6.45) is 6.60. The summed E-state index contributed by atoms with van der Waals surface area (Å²) in [7, 11) is -4.00. The summed E-state index contributed by atoms with van der Waals surface area (Å²) in [4.78, 5) is 16.9. The molecule has 2 aromatic carbocycles. The van der Waals surface area contributed by atoms with Crippen molar-refractivity contribution in [2.45, 2.75) is 53.8 Å². The van der Waals surface area contributed by atoms with Crippen molar-refractivity contribution in [2.24, 2.45) is 5.92 Å². The van der Waals surface area contributed by atoms with Gasteiger partial charge in [0.15, 0.2) is 4.34 Å². The Bertz CT molecular complexity index is 1190. The maximum atomic E-state index is 13.0. The van der Waals surface area contributed by atoms with Crippen LogP contribution in [0.25, 0.3) is 10.2 Å². The van der Waals surface area contributed by atoms with E-state index in [1.54, 1.807) is 53.6 Å². The average molecular weight is 506 g/mol. The lowest BCUT2D eigenvalue weighted by Gasteiger charge is -2.20. The van der Waals surface area contributed by atoms with Gasteiger partial charge in [-0.05, 0) is 48.9 Å². The third kappa shape index (κ3) is 6.33. The molecular weight excluding hydrogens is 478 g/mol. The first-order valence-electron chi connectivity index (χ1n) is 11.0. The van der Waals surface area contributed by atoms with E-state index in [1.165, 1.54) is 49.5 Å². The standard InChI is InChI=1S/C23H27N3O4S3/c27-22(25-28)20(13-16-7-3-1-4-8-16)26-33(29,30)18-11-12-19-21(14-18)32-23(24-19)31-15-17-9-5-2-6-10-17/h1,3-4,7-8,11-12,14,17,20,26,28H,2,5-6,9-10,13,15H2,(H,25,27)/t20-/m1/s1. The van der Waals surface area contributed by atoms with Crippen molar-refractivity contribution in [2.75, 3.05) is 5.75 Å². The highest BCUT2D eigenvalue weighted by Crippen LogP contribution is 2.34. The predicted molar refractivity (Wildman–Crippen MR) is 131 cm³/mol. The van der Waals surface area contributed by atoms with Gasteiger partial charge in [-0.2, -0.15) is 4.72 Å². The van der Waals surface area contributed by atoms with Crippen LogP contribution in [0.15, 0.2) is 57.8 Å². The molecule has 3 N–H and O–H groups in total. The minimum Gasteiger partial charge on any atom is -0.289 e. The van der Waals surface area contributed by atoms with Crippen molar-refractivity contribution in [1.82, 2.24) is 15.2 Å². The molecule has 0 aliphatic heterocycles. The molecule has 1 heterocycles. The Hall–Kier alpha value is -1.98. The number of carbonyl (C=O) groups excluding carboxylic acids is 1. The fraction of sp³-hybridized carbons (Fsp3) is 0.391. The lowest BCUT2D eigenvalue weighted by atomic mass is 9.91. The van der Waals surface area contributed by atoms with Crippen LogP contribution in [-0.2, 0) is 21.2 Å². The number of thioether (sulfide) groups is 1. The first kappa shape index (κ1) is 24.2. The van der Waals surface area contributed by atoms with Crippen LogP contribution in [0.3, 0.4) is 0 Å². The van der Waals surface area contributed by atoms with Gasteiger partial charge in [0.2, 0.25) is 10.0 Å². The van der Waals surface area contributed by atoms with E-state index in [2.05, 4.69) is 9.71 Å². The van der Waals surface area contributed by atoms with Gasteiger partial charge in [-0.15, -0.1) is 11.3 Å². The van der Waals surface area contributed by atoms with E-state index in [4.69, 9.17) is 5.21 Å². The number of thiazole rings is 1. The molecule has 1 aliphatic carbocycles. The smallest absolute Gasteiger partial charge is 0.261 e. The van der Waals surface area contributed by atoms with E-state index in [0.29, 0.717) is 0 Å². The van der Waals surface area contributed by atoms with Crippen LogP contribution in [0.4, 0.5) is 0 Å². The topological polar surface area (TPSA) is 108 Å². The van der Waals surface area contributed by atoms with Crippen LogP contribution < -0.4 is 10.2 Å². The van der Waals surface area contributed by atoms with Gasteiger partial charge in [-0.25, -0.2) is 18.9 Å². The van der Waals surface area contributed by atoms with Gasteiger partial charge in [-0.1, -0.05) is 61.4 Å². The van der Waals surface area contributed by atoms with Crippen LogP contribution in [0, 0.1) is 5.92 Å². The molecule has 0 radical (unpaired) electrons. The quantitative estimate of drug-likeness (QED) is 0.226. The summed E-state index contributed by atoms with van der Waals surface area (Å²) in [5, 5.41) is 9.10. The molecule has 10 heteroatoms. The van der Waals surface area contributed by atoms with Gasteiger partial charge in [0, 0.05) is 5.75 Å². The number of fused-ring (bicyclic) bond motifs is 1. The number of hydroxylamine groups is 1. The Labute approximate surface area is 202 Å². The fourth-order valence-electron chi connectivity index (χ4n) is 4.03. The summed E-state index contributed by atoms with van der Waals surface area (Å²) in [5.74, 6) is 0.960. The number of benzene rings is 2. The Morgan fingerprint density at radius 2 is 1.91 bits per heavy atom. The van der Waals surface area contributed by atoms with Crippen LogP contribution in [-0.4, -0.2) is 36.3 Å². The molecule has 7 nitrogen and oxygen atoms in total. The Morgan fingerprint density at radius 3 is 2.64 bits per heavy atom. The highest BCUT2D eigenvalue weighted by Gasteiger charge is 2.26. The van der Waals surface area contributed by atoms with Crippen LogP contribution in [0.5, 0.6) is 0 Å². The lowest BCUT2D eigenvalue weighted by Crippen LogP contribution is -2.47. The maximum Gasteiger partial charge on any atom is 0.261 e. The molecule has 0 bridgehead atoms. The van der Waals surface area contributed by atoms with Crippen molar-refractivity contribution < 1.29 is 18.4 Å². The largest absolute Gasteiger partial charge is 0.289 e. The number of hydrogen-bond acceptors (Lipinski definition) is 7. The molecule has 1 saturated carbocycles. The number of amides is 1. The highest BCUT2D eigenvalue weighted by atomic mass is 32.2. The molecule has 0 unspecified atom stereocenters. The molecule has 0 saturated heterocycles. The number of hydrogen-bond donors (Lipinski definition) is 3. The van der Waals surface area contributed by atoms with Crippen molar-refractivity contribution in [3.63, 3.8) is 0 Å². The summed E-state index contributed by atoms with van der Waals surface area (Å²) in [5.41, 5.74) is 3.09. The molecule has 4 rings (SSSR count). The Balaban J connectivity index is 1.49. The lowest BCUT2D eigenvalue weighted by molar-refractivity contribution is -0.130. The van der Waals surface area contributed by atoms with Gasteiger partial charge < -0.3 is 0 Å². The van der Waals surface area contributed by atoms with Crippen molar-refractivity contribution in [1.29, 1.82) is 0 Å². The third-order valence-electron chi connectivity index (χ3n) is 5.82. The van der Waals surface area contributed by atoms with E-state index in [1.807, 2.05) is 6.07 Å². The number of nitrogens with one attached hydrogen (secondary N) is 2. The van der Waals surface area contributed by atoms with Crippen molar-refractivity contribution in [3.05, 3.63) is 54.1 Å². The first-order valence-corrected chi connectivity index (χ1v) is 14.3. The molecule has 176 valence electrons.